The van der Waals surface area contributed by atoms with Crippen LogP contribution in [0, 0.1) is 11.3 Å². The van der Waals surface area contributed by atoms with Gasteiger partial charge in [-0.2, -0.15) is 5.26 Å². The normalized spacial score (nSPS) is 15.7. The smallest absolute Gasteiger partial charge is 0.410 e. The van der Waals surface area contributed by atoms with Crippen LogP contribution in [0.3, 0.4) is 0 Å². The van der Waals surface area contributed by atoms with E-state index in [1.807, 2.05) is 39.0 Å². The number of carbonyl (C=O) groups excluding carboxylic acids is 1. The predicted molar refractivity (Wildman–Crippen MR) is 132 cm³/mol. The quantitative estimate of drug-likeness (QED) is 0.609. The van der Waals surface area contributed by atoms with Crippen LogP contribution in [-0.2, 0) is 11.2 Å². The van der Waals surface area contributed by atoms with Crippen molar-refractivity contribution in [1.29, 1.82) is 5.26 Å². The number of anilines is 1. The van der Waals surface area contributed by atoms with Crippen molar-refractivity contribution in [3.05, 3.63) is 65.2 Å². The molecule has 1 aliphatic rings. The molecule has 1 saturated heterocycles. The number of aliphatic hydroxyl groups excluding tert-OH is 1. The Balaban J connectivity index is 1.55. The molecular formula is C27H33N3O4. The second-order valence-electron chi connectivity index (χ2n) is 9.51. The second kappa shape index (κ2) is 11.1. The summed E-state index contributed by atoms with van der Waals surface area (Å²) in [6, 6.07) is 14.8. The lowest BCUT2D eigenvalue weighted by atomic mass is 10.0. The summed E-state index contributed by atoms with van der Waals surface area (Å²) in [6.07, 6.45) is 4.22. The second-order valence-corrected chi connectivity index (χ2v) is 9.51. The van der Waals surface area contributed by atoms with Crippen molar-refractivity contribution in [2.75, 3.05) is 18.8 Å². The Morgan fingerprint density at radius 1 is 1.26 bits per heavy atom. The van der Waals surface area contributed by atoms with E-state index in [4.69, 9.17) is 20.5 Å². The van der Waals surface area contributed by atoms with Crippen LogP contribution in [0.4, 0.5) is 10.5 Å². The molecule has 1 heterocycles. The van der Waals surface area contributed by atoms with Crippen molar-refractivity contribution in [3.63, 3.8) is 0 Å². The number of amides is 1. The summed E-state index contributed by atoms with van der Waals surface area (Å²) in [5, 5.41) is 19.5. The van der Waals surface area contributed by atoms with Crippen LogP contribution in [0.1, 0.15) is 50.3 Å². The Hall–Kier alpha value is -3.50. The SMILES string of the molecule is CC(C)(C)OC(=O)N1CCC(Oc2ccc(N)c(C[C@@H](O)/C=C/c3cccc(C#N)c3)c2)CC1. The number of piperidine rings is 1. The molecule has 7 heteroatoms. The molecule has 0 bridgehead atoms. The van der Waals surface area contributed by atoms with Gasteiger partial charge < -0.3 is 25.2 Å². The number of hydrogen-bond acceptors (Lipinski definition) is 6. The average molecular weight is 464 g/mol. The number of nitriles is 1. The molecular weight excluding hydrogens is 430 g/mol. The molecule has 1 aliphatic heterocycles. The number of hydrogen-bond donors (Lipinski definition) is 2. The minimum atomic E-state index is -0.736. The zero-order chi connectivity index (χ0) is 24.7. The van der Waals surface area contributed by atoms with Crippen molar-refractivity contribution in [1.82, 2.24) is 4.90 Å². The maximum absolute atomic E-state index is 12.2. The molecule has 0 spiro atoms. The molecule has 7 nitrogen and oxygen atoms in total. The average Bonchev–Trinajstić information content (AvgIpc) is 2.79. The van der Waals surface area contributed by atoms with Gasteiger partial charge in [0.1, 0.15) is 17.5 Å². The molecule has 1 atom stereocenters. The Labute approximate surface area is 201 Å². The Morgan fingerprint density at radius 3 is 2.68 bits per heavy atom. The predicted octanol–water partition coefficient (Wildman–Crippen LogP) is 4.54. The number of ether oxygens (including phenoxy) is 2. The number of likely N-dealkylation sites (tertiary alicyclic amines) is 1. The third kappa shape index (κ3) is 7.53. The van der Waals surface area contributed by atoms with Crippen LogP contribution < -0.4 is 10.5 Å². The van der Waals surface area contributed by atoms with E-state index in [2.05, 4.69) is 6.07 Å². The molecule has 2 aromatic carbocycles. The fraction of sp³-hybridized carbons (Fsp3) is 0.407. The highest BCUT2D eigenvalue weighted by Crippen LogP contribution is 2.25. The first kappa shape index (κ1) is 25.1. The highest BCUT2D eigenvalue weighted by Gasteiger charge is 2.27. The summed E-state index contributed by atoms with van der Waals surface area (Å²) in [4.78, 5) is 14.0. The standard InChI is InChI=1S/C27H33N3O4/c1-27(2,3)34-26(32)30-13-11-23(12-14-30)33-24-9-10-25(29)21(17-24)16-22(31)8-7-19-5-4-6-20(15-19)18-28/h4-10,15,17,22-23,31H,11-14,16,29H2,1-3H3/b8-7+/t22-/m0/s1. The highest BCUT2D eigenvalue weighted by atomic mass is 16.6. The molecule has 0 unspecified atom stereocenters. The molecule has 0 saturated carbocycles. The lowest BCUT2D eigenvalue weighted by Gasteiger charge is -2.33. The number of nitrogens with zero attached hydrogens (tertiary/aromatic N) is 2. The Morgan fingerprint density at radius 2 is 2.00 bits per heavy atom. The van der Waals surface area contributed by atoms with E-state index in [9.17, 15) is 9.90 Å². The zero-order valence-corrected chi connectivity index (χ0v) is 20.0. The third-order valence-corrected chi connectivity index (χ3v) is 5.47. The van der Waals surface area contributed by atoms with Crippen molar-refractivity contribution < 1.29 is 19.4 Å². The molecule has 0 aliphatic carbocycles. The van der Waals surface area contributed by atoms with Crippen molar-refractivity contribution in [3.8, 4) is 11.8 Å². The molecule has 1 amide bonds. The molecule has 180 valence electrons. The number of nitrogen functional groups attached to an aromatic ring is 1. The van der Waals surface area contributed by atoms with E-state index in [0.717, 1.165) is 11.1 Å². The van der Waals surface area contributed by atoms with E-state index in [0.29, 0.717) is 49.4 Å². The van der Waals surface area contributed by atoms with E-state index in [-0.39, 0.29) is 12.2 Å². The van der Waals surface area contributed by atoms with Crippen LogP contribution in [0.5, 0.6) is 5.75 Å². The van der Waals surface area contributed by atoms with Gasteiger partial charge in [-0.1, -0.05) is 24.3 Å². The molecule has 2 aromatic rings. The van der Waals surface area contributed by atoms with Gasteiger partial charge in [0, 0.05) is 38.0 Å². The number of carbonyl (C=O) groups is 1. The van der Waals surface area contributed by atoms with Gasteiger partial charge in [0.2, 0.25) is 0 Å². The molecule has 1 fully saturated rings. The van der Waals surface area contributed by atoms with Gasteiger partial charge >= 0.3 is 6.09 Å². The van der Waals surface area contributed by atoms with Gasteiger partial charge in [-0.05, 0) is 62.2 Å². The Bertz CT molecular complexity index is 1060. The summed E-state index contributed by atoms with van der Waals surface area (Å²) in [6.45, 7) is 6.74. The number of benzene rings is 2. The highest BCUT2D eigenvalue weighted by molar-refractivity contribution is 5.68. The van der Waals surface area contributed by atoms with Crippen LogP contribution in [-0.4, -0.2) is 47.0 Å². The number of nitrogens with two attached hydrogens (primary N) is 1. The van der Waals surface area contributed by atoms with Gasteiger partial charge in [-0.25, -0.2) is 4.79 Å². The first-order valence-corrected chi connectivity index (χ1v) is 11.5. The van der Waals surface area contributed by atoms with Crippen LogP contribution in [0.15, 0.2) is 48.5 Å². The van der Waals surface area contributed by atoms with Gasteiger partial charge in [-0.3, -0.25) is 0 Å². The first-order chi connectivity index (χ1) is 16.1. The van der Waals surface area contributed by atoms with E-state index in [1.165, 1.54) is 0 Å². The largest absolute Gasteiger partial charge is 0.490 e. The summed E-state index contributed by atoms with van der Waals surface area (Å²) in [7, 11) is 0. The summed E-state index contributed by atoms with van der Waals surface area (Å²) in [5.41, 5.74) is 8.43. The minimum absolute atomic E-state index is 0.00705. The molecule has 0 radical (unpaired) electrons. The van der Waals surface area contributed by atoms with E-state index < -0.39 is 11.7 Å². The number of aliphatic hydroxyl groups is 1. The topological polar surface area (TPSA) is 109 Å². The van der Waals surface area contributed by atoms with Crippen molar-refractivity contribution in [2.45, 2.75) is 57.8 Å². The van der Waals surface area contributed by atoms with E-state index >= 15 is 0 Å². The molecule has 3 rings (SSSR count). The maximum atomic E-state index is 12.2. The lowest BCUT2D eigenvalue weighted by molar-refractivity contribution is 0.0126. The monoisotopic (exact) mass is 463 g/mol. The molecule has 34 heavy (non-hydrogen) atoms. The minimum Gasteiger partial charge on any atom is -0.490 e. The van der Waals surface area contributed by atoms with Crippen molar-refractivity contribution in [2.24, 2.45) is 0 Å². The van der Waals surface area contributed by atoms with Gasteiger partial charge in [0.15, 0.2) is 0 Å². The summed E-state index contributed by atoms with van der Waals surface area (Å²) in [5.74, 6) is 0.692. The fourth-order valence-electron chi connectivity index (χ4n) is 3.73. The van der Waals surface area contributed by atoms with E-state index in [1.54, 1.807) is 41.3 Å². The van der Waals surface area contributed by atoms with Crippen LogP contribution in [0.2, 0.25) is 0 Å². The maximum Gasteiger partial charge on any atom is 0.410 e. The molecule has 3 N–H and O–H groups in total. The molecule has 0 aromatic heterocycles. The summed E-state index contributed by atoms with van der Waals surface area (Å²) < 4.78 is 11.6. The van der Waals surface area contributed by atoms with Crippen LogP contribution >= 0.6 is 0 Å². The first-order valence-electron chi connectivity index (χ1n) is 11.5. The fourth-order valence-corrected chi connectivity index (χ4v) is 3.73. The summed E-state index contributed by atoms with van der Waals surface area (Å²) >= 11 is 0. The van der Waals surface area contributed by atoms with Crippen LogP contribution in [0.25, 0.3) is 6.08 Å². The van der Waals surface area contributed by atoms with Gasteiger partial charge in [0.25, 0.3) is 0 Å². The Kier molecular flexibility index (Phi) is 8.19. The van der Waals surface area contributed by atoms with Crippen molar-refractivity contribution >= 4 is 17.9 Å². The zero-order valence-electron chi connectivity index (χ0n) is 20.0. The van der Waals surface area contributed by atoms with Gasteiger partial charge in [0.05, 0.1) is 17.7 Å². The van der Waals surface area contributed by atoms with Gasteiger partial charge in [-0.15, -0.1) is 0 Å². The third-order valence-electron chi connectivity index (χ3n) is 5.47. The number of rotatable bonds is 6. The lowest BCUT2D eigenvalue weighted by Crippen LogP contribution is -2.44.